The lowest BCUT2D eigenvalue weighted by Crippen LogP contribution is -2.36. The van der Waals surface area contributed by atoms with Crippen LogP contribution < -0.4 is 5.32 Å². The van der Waals surface area contributed by atoms with E-state index in [-0.39, 0.29) is 23.5 Å². The van der Waals surface area contributed by atoms with Gasteiger partial charge in [0, 0.05) is 26.1 Å². The van der Waals surface area contributed by atoms with Crippen LogP contribution in [0.2, 0.25) is 0 Å². The fourth-order valence-corrected chi connectivity index (χ4v) is 3.41. The van der Waals surface area contributed by atoms with Gasteiger partial charge in [-0.1, -0.05) is 45.2 Å². The lowest BCUT2D eigenvalue weighted by molar-refractivity contribution is -0.129. The Kier molecular flexibility index (Phi) is 8.07. The Bertz CT molecular complexity index is 588. The van der Waals surface area contributed by atoms with Crippen molar-refractivity contribution in [3.05, 3.63) is 35.6 Å². The molecule has 2 rings (SSSR count). The zero-order valence-corrected chi connectivity index (χ0v) is 16.0. The van der Waals surface area contributed by atoms with Crippen LogP contribution in [0.5, 0.6) is 0 Å². The molecule has 1 heterocycles. The summed E-state index contributed by atoms with van der Waals surface area (Å²) in [5.74, 6) is 0.0416. The van der Waals surface area contributed by atoms with Crippen LogP contribution in [0.1, 0.15) is 51.5 Å². The van der Waals surface area contributed by atoms with Gasteiger partial charge in [-0.15, -0.1) is 0 Å². The second-order valence-electron chi connectivity index (χ2n) is 7.28. The number of likely N-dealkylation sites (tertiary alicyclic amines) is 1. The zero-order valence-electron chi connectivity index (χ0n) is 16.0. The van der Waals surface area contributed by atoms with E-state index >= 15 is 0 Å². The maximum absolute atomic E-state index is 12.9. The molecule has 0 bridgehead atoms. The number of carbonyl (C=O) groups is 2. The first-order valence-corrected chi connectivity index (χ1v) is 9.83. The van der Waals surface area contributed by atoms with Crippen LogP contribution >= 0.6 is 0 Å². The first-order chi connectivity index (χ1) is 12.5. The summed E-state index contributed by atoms with van der Waals surface area (Å²) in [7, 11) is 0. The highest BCUT2D eigenvalue weighted by Crippen LogP contribution is 2.19. The monoisotopic (exact) mass is 362 g/mol. The molecular formula is C21H31FN2O2. The Morgan fingerprint density at radius 2 is 2.04 bits per heavy atom. The predicted octanol–water partition coefficient (Wildman–Crippen LogP) is 3.55. The minimum absolute atomic E-state index is 0.00224. The van der Waals surface area contributed by atoms with Gasteiger partial charge in [0.1, 0.15) is 5.82 Å². The Labute approximate surface area is 156 Å². The van der Waals surface area contributed by atoms with Crippen LogP contribution in [0, 0.1) is 17.7 Å². The van der Waals surface area contributed by atoms with E-state index < -0.39 is 0 Å². The molecule has 26 heavy (non-hydrogen) atoms. The average molecular weight is 362 g/mol. The van der Waals surface area contributed by atoms with Gasteiger partial charge in [-0.05, 0) is 36.5 Å². The first kappa shape index (κ1) is 20.4. The van der Waals surface area contributed by atoms with Crippen LogP contribution in [0.25, 0.3) is 0 Å². The fraction of sp³-hybridized carbons (Fsp3) is 0.619. The number of nitrogens with zero attached hydrogens (tertiary/aromatic N) is 1. The molecule has 0 unspecified atom stereocenters. The number of amides is 2. The van der Waals surface area contributed by atoms with Gasteiger partial charge >= 0.3 is 0 Å². The molecule has 2 atom stereocenters. The van der Waals surface area contributed by atoms with Crippen molar-refractivity contribution < 1.29 is 14.0 Å². The maximum atomic E-state index is 12.9. The molecule has 0 spiro atoms. The highest BCUT2D eigenvalue weighted by molar-refractivity contribution is 5.89. The summed E-state index contributed by atoms with van der Waals surface area (Å²) in [6.45, 7) is 6.09. The van der Waals surface area contributed by atoms with Gasteiger partial charge in [0.2, 0.25) is 11.8 Å². The number of rotatable bonds is 10. The smallest absolute Gasteiger partial charge is 0.225 e. The highest BCUT2D eigenvalue weighted by Gasteiger charge is 2.33. The molecule has 2 amide bonds. The second-order valence-corrected chi connectivity index (χ2v) is 7.28. The molecule has 144 valence electrons. The molecular weight excluding hydrogens is 331 g/mol. The molecule has 1 saturated heterocycles. The van der Waals surface area contributed by atoms with E-state index in [4.69, 9.17) is 0 Å². The number of benzene rings is 1. The largest absolute Gasteiger partial charge is 0.356 e. The van der Waals surface area contributed by atoms with Crippen LogP contribution in [-0.2, 0) is 16.0 Å². The van der Waals surface area contributed by atoms with E-state index in [1.807, 2.05) is 0 Å². The zero-order chi connectivity index (χ0) is 18.9. The van der Waals surface area contributed by atoms with Crippen LogP contribution in [0.4, 0.5) is 4.39 Å². The minimum Gasteiger partial charge on any atom is -0.356 e. The van der Waals surface area contributed by atoms with Crippen molar-refractivity contribution in [2.24, 2.45) is 11.8 Å². The summed E-state index contributed by atoms with van der Waals surface area (Å²) in [5, 5.41) is 3.05. The van der Waals surface area contributed by atoms with Crippen LogP contribution in [-0.4, -0.2) is 36.3 Å². The van der Waals surface area contributed by atoms with E-state index in [0.29, 0.717) is 38.4 Å². The number of carbonyl (C=O) groups excluding carboxylic acids is 2. The van der Waals surface area contributed by atoms with Crippen molar-refractivity contribution >= 4 is 11.8 Å². The van der Waals surface area contributed by atoms with Crippen molar-refractivity contribution in [2.45, 2.75) is 52.4 Å². The summed E-state index contributed by atoms with van der Waals surface area (Å²) in [5.41, 5.74) is 0.994. The normalized spacial score (nSPS) is 18.2. The molecule has 1 aromatic rings. The van der Waals surface area contributed by atoms with Crippen molar-refractivity contribution in [1.29, 1.82) is 0 Å². The SMILES string of the molecule is CCCC[C@H](CC)CNC(=O)[C@H]1CC(=O)N(CCc2ccc(F)cc2)C1. The standard InChI is InChI=1S/C21H31FN2O2/c1-3-5-6-16(4-2)14-23-21(26)18-13-20(25)24(15-18)12-11-17-7-9-19(22)10-8-17/h7-10,16,18H,3-6,11-15H2,1-2H3,(H,23,26)/t16-,18-/m0/s1. The molecule has 4 nitrogen and oxygen atoms in total. The van der Waals surface area contributed by atoms with E-state index in [2.05, 4.69) is 19.2 Å². The Morgan fingerprint density at radius 1 is 1.31 bits per heavy atom. The van der Waals surface area contributed by atoms with Crippen molar-refractivity contribution in [1.82, 2.24) is 10.2 Å². The Morgan fingerprint density at radius 3 is 2.69 bits per heavy atom. The molecule has 0 aliphatic carbocycles. The van der Waals surface area contributed by atoms with Gasteiger partial charge in [0.25, 0.3) is 0 Å². The van der Waals surface area contributed by atoms with Gasteiger partial charge < -0.3 is 10.2 Å². The molecule has 5 heteroatoms. The lowest BCUT2D eigenvalue weighted by atomic mass is 9.99. The Balaban J connectivity index is 1.76. The van der Waals surface area contributed by atoms with E-state index in [9.17, 15) is 14.0 Å². The fourth-order valence-electron chi connectivity index (χ4n) is 3.41. The number of halogens is 1. The average Bonchev–Trinajstić information content (AvgIpc) is 3.02. The van der Waals surface area contributed by atoms with Crippen LogP contribution in [0.3, 0.4) is 0 Å². The molecule has 1 aromatic carbocycles. The van der Waals surface area contributed by atoms with Gasteiger partial charge in [0.05, 0.1) is 5.92 Å². The third kappa shape index (κ3) is 6.11. The number of nitrogens with one attached hydrogen (secondary N) is 1. The Hall–Kier alpha value is -1.91. The maximum Gasteiger partial charge on any atom is 0.225 e. The number of hydrogen-bond donors (Lipinski definition) is 1. The summed E-state index contributed by atoms with van der Waals surface area (Å²) < 4.78 is 12.9. The molecule has 1 fully saturated rings. The van der Waals surface area contributed by atoms with Crippen LogP contribution in [0.15, 0.2) is 24.3 Å². The molecule has 0 aromatic heterocycles. The summed E-state index contributed by atoms with van der Waals surface area (Å²) in [4.78, 5) is 26.3. The predicted molar refractivity (Wildman–Crippen MR) is 101 cm³/mol. The molecule has 0 radical (unpaired) electrons. The van der Waals surface area contributed by atoms with Crippen molar-refractivity contribution in [3.63, 3.8) is 0 Å². The number of unbranched alkanes of at least 4 members (excludes halogenated alkanes) is 1. The van der Waals surface area contributed by atoms with Gasteiger partial charge in [0.15, 0.2) is 0 Å². The highest BCUT2D eigenvalue weighted by atomic mass is 19.1. The van der Waals surface area contributed by atoms with E-state index in [1.54, 1.807) is 17.0 Å². The summed E-state index contributed by atoms with van der Waals surface area (Å²) in [6, 6.07) is 6.34. The topological polar surface area (TPSA) is 49.4 Å². The quantitative estimate of drug-likeness (QED) is 0.692. The third-order valence-electron chi connectivity index (χ3n) is 5.28. The summed E-state index contributed by atoms with van der Waals surface area (Å²) >= 11 is 0. The van der Waals surface area contributed by atoms with Crippen molar-refractivity contribution in [3.8, 4) is 0 Å². The summed E-state index contributed by atoms with van der Waals surface area (Å²) in [6.07, 6.45) is 5.53. The van der Waals surface area contributed by atoms with Crippen molar-refractivity contribution in [2.75, 3.05) is 19.6 Å². The minimum atomic E-state index is -0.257. The molecule has 1 aliphatic heterocycles. The lowest BCUT2D eigenvalue weighted by Gasteiger charge is -2.18. The molecule has 1 N–H and O–H groups in total. The van der Waals surface area contributed by atoms with Gasteiger partial charge in [-0.25, -0.2) is 4.39 Å². The van der Waals surface area contributed by atoms with Gasteiger partial charge in [-0.2, -0.15) is 0 Å². The molecule has 0 saturated carbocycles. The molecule has 1 aliphatic rings. The third-order valence-corrected chi connectivity index (χ3v) is 5.28. The first-order valence-electron chi connectivity index (χ1n) is 9.83. The van der Waals surface area contributed by atoms with Gasteiger partial charge in [-0.3, -0.25) is 9.59 Å². The second kappa shape index (κ2) is 10.3. The van der Waals surface area contributed by atoms with E-state index in [1.165, 1.54) is 25.0 Å². The number of hydrogen-bond acceptors (Lipinski definition) is 2. The van der Waals surface area contributed by atoms with E-state index in [0.717, 1.165) is 18.4 Å².